The van der Waals surface area contributed by atoms with E-state index in [1.165, 1.54) is 6.42 Å². The second-order valence-corrected chi connectivity index (χ2v) is 7.83. The Hall–Kier alpha value is -2.66. The third-order valence-electron chi connectivity index (χ3n) is 5.88. The number of nitrogens with zero attached hydrogens (tertiary/aromatic N) is 1. The van der Waals surface area contributed by atoms with Crippen molar-refractivity contribution in [1.82, 2.24) is 10.2 Å². The molecule has 0 saturated carbocycles. The molecule has 2 heterocycles. The van der Waals surface area contributed by atoms with Gasteiger partial charge >= 0.3 is 0 Å². The van der Waals surface area contributed by atoms with Crippen molar-refractivity contribution in [2.24, 2.45) is 0 Å². The van der Waals surface area contributed by atoms with Crippen LogP contribution in [0.1, 0.15) is 42.5 Å². The number of rotatable bonds is 5. The molecule has 5 nitrogen and oxygen atoms in total. The molecule has 2 N–H and O–H groups in total. The SMILES string of the molecule is O=C(CN1[C@H]2CCC[C@H]1CC(NC(=O)c1ccccc1)C2)Nc1ccccc1. The Kier molecular flexibility index (Phi) is 5.72. The predicted octanol–water partition coefficient (Wildman–Crippen LogP) is 3.44. The van der Waals surface area contributed by atoms with Crippen LogP contribution in [0.2, 0.25) is 0 Å². The second kappa shape index (κ2) is 8.57. The van der Waals surface area contributed by atoms with Crippen molar-refractivity contribution in [2.75, 3.05) is 11.9 Å². The Labute approximate surface area is 166 Å². The number of hydrogen-bond donors (Lipinski definition) is 2. The zero-order valence-electron chi connectivity index (χ0n) is 16.0. The van der Waals surface area contributed by atoms with Gasteiger partial charge in [0.25, 0.3) is 5.91 Å². The lowest BCUT2D eigenvalue weighted by Gasteiger charge is -2.48. The minimum Gasteiger partial charge on any atom is -0.349 e. The smallest absolute Gasteiger partial charge is 0.251 e. The van der Waals surface area contributed by atoms with Crippen molar-refractivity contribution >= 4 is 17.5 Å². The molecule has 2 bridgehead atoms. The normalized spacial score (nSPS) is 24.4. The Morgan fingerprint density at radius 2 is 1.50 bits per heavy atom. The zero-order chi connectivity index (χ0) is 19.3. The molecule has 2 aliphatic heterocycles. The Balaban J connectivity index is 1.35. The molecule has 0 radical (unpaired) electrons. The fraction of sp³-hybridized carbons (Fsp3) is 0.391. The van der Waals surface area contributed by atoms with Crippen LogP contribution >= 0.6 is 0 Å². The Morgan fingerprint density at radius 1 is 0.893 bits per heavy atom. The van der Waals surface area contributed by atoms with Crippen LogP contribution < -0.4 is 10.6 Å². The van der Waals surface area contributed by atoms with Crippen molar-refractivity contribution in [1.29, 1.82) is 0 Å². The molecule has 0 aliphatic carbocycles. The lowest BCUT2D eigenvalue weighted by Crippen LogP contribution is -2.58. The van der Waals surface area contributed by atoms with E-state index in [0.29, 0.717) is 24.2 Å². The lowest BCUT2D eigenvalue weighted by atomic mass is 9.81. The highest BCUT2D eigenvalue weighted by Crippen LogP contribution is 2.34. The summed E-state index contributed by atoms with van der Waals surface area (Å²) in [5.41, 5.74) is 1.54. The number of fused-ring (bicyclic) bond motifs is 2. The number of nitrogens with one attached hydrogen (secondary N) is 2. The largest absolute Gasteiger partial charge is 0.349 e. The van der Waals surface area contributed by atoms with Crippen LogP contribution in [-0.2, 0) is 4.79 Å². The first-order valence-corrected chi connectivity index (χ1v) is 10.2. The van der Waals surface area contributed by atoms with Gasteiger partial charge in [0.2, 0.25) is 5.91 Å². The minimum atomic E-state index is -0.000978. The summed E-state index contributed by atoms with van der Waals surface area (Å²) in [6.45, 7) is 0.420. The minimum absolute atomic E-state index is 0.000978. The first-order valence-electron chi connectivity index (χ1n) is 10.2. The molecule has 0 spiro atoms. The van der Waals surface area contributed by atoms with Crippen LogP contribution in [0.25, 0.3) is 0 Å². The zero-order valence-corrected chi connectivity index (χ0v) is 16.0. The molecule has 2 aromatic carbocycles. The molecular formula is C23H27N3O2. The number of hydrogen-bond acceptors (Lipinski definition) is 3. The number of carbonyl (C=O) groups is 2. The van der Waals surface area contributed by atoms with E-state index in [1.54, 1.807) is 0 Å². The van der Waals surface area contributed by atoms with Gasteiger partial charge in [-0.25, -0.2) is 0 Å². The summed E-state index contributed by atoms with van der Waals surface area (Å²) in [4.78, 5) is 27.4. The third kappa shape index (κ3) is 4.42. The van der Waals surface area contributed by atoms with Gasteiger partial charge in [0, 0.05) is 29.4 Å². The van der Waals surface area contributed by atoms with E-state index in [0.717, 1.165) is 31.4 Å². The molecule has 2 saturated heterocycles. The highest BCUT2D eigenvalue weighted by molar-refractivity contribution is 5.94. The van der Waals surface area contributed by atoms with Gasteiger partial charge in [0.15, 0.2) is 0 Å². The number of amides is 2. The van der Waals surface area contributed by atoms with E-state index >= 15 is 0 Å². The van der Waals surface area contributed by atoms with E-state index in [2.05, 4.69) is 15.5 Å². The van der Waals surface area contributed by atoms with Crippen molar-refractivity contribution in [3.63, 3.8) is 0 Å². The van der Waals surface area contributed by atoms with E-state index in [4.69, 9.17) is 0 Å². The van der Waals surface area contributed by atoms with Gasteiger partial charge in [-0.3, -0.25) is 14.5 Å². The summed E-state index contributed by atoms with van der Waals surface area (Å²) in [6, 6.07) is 19.9. The molecule has 2 aromatic rings. The Bertz CT molecular complexity index is 795. The van der Waals surface area contributed by atoms with Gasteiger partial charge in [0.05, 0.1) is 6.54 Å². The maximum Gasteiger partial charge on any atom is 0.251 e. The molecule has 2 amide bonds. The fourth-order valence-electron chi connectivity index (χ4n) is 4.60. The Morgan fingerprint density at radius 3 is 2.14 bits per heavy atom. The van der Waals surface area contributed by atoms with Crippen LogP contribution in [0.4, 0.5) is 5.69 Å². The molecule has 2 atom stereocenters. The number of anilines is 1. The van der Waals surface area contributed by atoms with Gasteiger partial charge in [-0.05, 0) is 49.9 Å². The molecule has 4 rings (SSSR count). The maximum atomic E-state index is 12.5. The summed E-state index contributed by atoms with van der Waals surface area (Å²) >= 11 is 0. The predicted molar refractivity (Wildman–Crippen MR) is 110 cm³/mol. The van der Waals surface area contributed by atoms with Crippen LogP contribution in [0, 0.1) is 0 Å². The second-order valence-electron chi connectivity index (χ2n) is 7.83. The molecular weight excluding hydrogens is 350 g/mol. The van der Waals surface area contributed by atoms with E-state index in [1.807, 2.05) is 60.7 Å². The summed E-state index contributed by atoms with van der Waals surface area (Å²) < 4.78 is 0. The van der Waals surface area contributed by atoms with Gasteiger partial charge in [-0.1, -0.05) is 42.8 Å². The molecule has 0 unspecified atom stereocenters. The summed E-state index contributed by atoms with van der Waals surface area (Å²) in [5.74, 6) is 0.0359. The van der Waals surface area contributed by atoms with Crippen LogP contribution in [0.15, 0.2) is 60.7 Å². The topological polar surface area (TPSA) is 61.4 Å². The number of piperidine rings is 2. The van der Waals surface area contributed by atoms with Gasteiger partial charge in [-0.2, -0.15) is 0 Å². The van der Waals surface area contributed by atoms with Gasteiger partial charge in [-0.15, -0.1) is 0 Å². The van der Waals surface area contributed by atoms with E-state index < -0.39 is 0 Å². The first kappa shape index (κ1) is 18.7. The lowest BCUT2D eigenvalue weighted by molar-refractivity contribution is -0.120. The highest BCUT2D eigenvalue weighted by Gasteiger charge is 2.39. The number of benzene rings is 2. The third-order valence-corrected chi connectivity index (χ3v) is 5.88. The van der Waals surface area contributed by atoms with Crippen LogP contribution in [0.5, 0.6) is 0 Å². The molecule has 28 heavy (non-hydrogen) atoms. The standard InChI is InChI=1S/C23H27N3O2/c27-22(24-18-10-5-2-6-11-18)16-26-20-12-7-13-21(26)15-19(14-20)25-23(28)17-8-3-1-4-9-17/h1-6,8-11,19-21H,7,12-16H2,(H,24,27)(H,25,28)/t20-,21-/m0/s1. The van der Waals surface area contributed by atoms with E-state index in [-0.39, 0.29) is 17.9 Å². The van der Waals surface area contributed by atoms with E-state index in [9.17, 15) is 9.59 Å². The van der Waals surface area contributed by atoms with Crippen molar-refractivity contribution in [3.05, 3.63) is 66.2 Å². The summed E-state index contributed by atoms with van der Waals surface area (Å²) in [5, 5.41) is 6.20. The van der Waals surface area contributed by atoms with Gasteiger partial charge < -0.3 is 10.6 Å². The molecule has 0 aromatic heterocycles. The molecule has 5 heteroatoms. The number of carbonyl (C=O) groups excluding carboxylic acids is 2. The van der Waals surface area contributed by atoms with Gasteiger partial charge in [0.1, 0.15) is 0 Å². The number of para-hydroxylation sites is 1. The summed E-state index contributed by atoms with van der Waals surface area (Å²) in [7, 11) is 0. The van der Waals surface area contributed by atoms with Crippen molar-refractivity contribution in [2.45, 2.75) is 50.2 Å². The average Bonchev–Trinajstić information content (AvgIpc) is 2.70. The maximum absolute atomic E-state index is 12.5. The quantitative estimate of drug-likeness (QED) is 0.839. The van der Waals surface area contributed by atoms with Crippen LogP contribution in [0.3, 0.4) is 0 Å². The highest BCUT2D eigenvalue weighted by atomic mass is 16.2. The fourth-order valence-corrected chi connectivity index (χ4v) is 4.60. The van der Waals surface area contributed by atoms with Crippen LogP contribution in [-0.4, -0.2) is 41.4 Å². The summed E-state index contributed by atoms with van der Waals surface area (Å²) in [6.07, 6.45) is 5.20. The average molecular weight is 377 g/mol. The molecule has 146 valence electrons. The monoisotopic (exact) mass is 377 g/mol. The van der Waals surface area contributed by atoms with Crippen molar-refractivity contribution in [3.8, 4) is 0 Å². The molecule has 2 fully saturated rings. The van der Waals surface area contributed by atoms with Crippen molar-refractivity contribution < 1.29 is 9.59 Å². The first-order chi connectivity index (χ1) is 13.7. The molecule has 2 aliphatic rings.